The highest BCUT2D eigenvalue weighted by Crippen LogP contribution is 2.22. The molecule has 0 saturated carbocycles. The summed E-state index contributed by atoms with van der Waals surface area (Å²) in [6, 6.07) is 10.6. The minimum atomic E-state index is -0.863. The molecule has 1 aliphatic heterocycles. The Morgan fingerprint density at radius 1 is 1.04 bits per heavy atom. The fraction of sp³-hybridized carbons (Fsp3) is 0.222. The molecule has 3 rings (SSSR count). The summed E-state index contributed by atoms with van der Waals surface area (Å²) in [6.07, 6.45) is 1.20. The minimum Gasteiger partial charge on any atom is -0.324 e. The third kappa shape index (κ3) is 3.93. The van der Waals surface area contributed by atoms with Crippen LogP contribution in [0.2, 0.25) is 0 Å². The molecule has 2 N–H and O–H groups in total. The highest BCUT2D eigenvalue weighted by molar-refractivity contribution is 5.99. The molecule has 130 valence electrons. The standard InChI is InChI=1S/C18H17F2N3O2/c19-12-8-9-15(14(20)11-12)22-18(25)23-10-4-7-16(23)17(24)21-13-5-2-1-3-6-13/h1-3,5-6,8-9,11,16H,4,7,10H2,(H,21,24)(H,22,25). The molecule has 1 atom stereocenters. The van der Waals surface area contributed by atoms with Crippen LogP contribution >= 0.6 is 0 Å². The Labute approximate surface area is 143 Å². The van der Waals surface area contributed by atoms with Gasteiger partial charge in [0.2, 0.25) is 5.91 Å². The Morgan fingerprint density at radius 3 is 2.52 bits per heavy atom. The largest absolute Gasteiger partial charge is 0.324 e. The van der Waals surface area contributed by atoms with Crippen molar-refractivity contribution in [3.63, 3.8) is 0 Å². The van der Waals surface area contributed by atoms with E-state index >= 15 is 0 Å². The minimum absolute atomic E-state index is 0.125. The molecule has 2 aromatic rings. The van der Waals surface area contributed by atoms with Crippen LogP contribution in [0.5, 0.6) is 0 Å². The van der Waals surface area contributed by atoms with Gasteiger partial charge in [0.15, 0.2) is 0 Å². The van der Waals surface area contributed by atoms with Gasteiger partial charge < -0.3 is 15.5 Å². The van der Waals surface area contributed by atoms with Gasteiger partial charge in [0.25, 0.3) is 0 Å². The highest BCUT2D eigenvalue weighted by atomic mass is 19.1. The van der Waals surface area contributed by atoms with Gasteiger partial charge >= 0.3 is 6.03 Å². The molecule has 0 aromatic heterocycles. The van der Waals surface area contributed by atoms with Crippen LogP contribution in [-0.2, 0) is 4.79 Å². The van der Waals surface area contributed by atoms with Crippen molar-refractivity contribution >= 4 is 23.3 Å². The molecule has 2 aromatic carbocycles. The number of nitrogens with zero attached hydrogens (tertiary/aromatic N) is 1. The number of hydrogen-bond donors (Lipinski definition) is 2. The van der Waals surface area contributed by atoms with Crippen LogP contribution in [0.1, 0.15) is 12.8 Å². The number of benzene rings is 2. The molecule has 25 heavy (non-hydrogen) atoms. The monoisotopic (exact) mass is 345 g/mol. The zero-order chi connectivity index (χ0) is 17.8. The van der Waals surface area contributed by atoms with E-state index in [9.17, 15) is 18.4 Å². The molecule has 1 unspecified atom stereocenters. The lowest BCUT2D eigenvalue weighted by atomic mass is 10.2. The van der Waals surface area contributed by atoms with E-state index < -0.39 is 23.7 Å². The smallest absolute Gasteiger partial charge is 0.322 e. The zero-order valence-electron chi connectivity index (χ0n) is 13.3. The molecule has 1 saturated heterocycles. The number of carbonyl (C=O) groups excluding carboxylic acids is 2. The average molecular weight is 345 g/mol. The second-order valence-corrected chi connectivity index (χ2v) is 5.76. The van der Waals surface area contributed by atoms with Crippen molar-refractivity contribution in [3.05, 3.63) is 60.2 Å². The van der Waals surface area contributed by atoms with Crippen LogP contribution in [0.3, 0.4) is 0 Å². The summed E-state index contributed by atoms with van der Waals surface area (Å²) in [4.78, 5) is 26.2. The molecule has 3 amide bonds. The first kappa shape index (κ1) is 16.9. The van der Waals surface area contributed by atoms with Crippen LogP contribution in [-0.4, -0.2) is 29.4 Å². The lowest BCUT2D eigenvalue weighted by Gasteiger charge is -2.24. The van der Waals surface area contributed by atoms with Crippen LogP contribution in [0, 0.1) is 11.6 Å². The molecular formula is C18H17F2N3O2. The van der Waals surface area contributed by atoms with Gasteiger partial charge in [0.1, 0.15) is 17.7 Å². The van der Waals surface area contributed by atoms with E-state index in [0.29, 0.717) is 31.1 Å². The lowest BCUT2D eigenvalue weighted by molar-refractivity contribution is -0.119. The first-order chi connectivity index (χ1) is 12.0. The van der Waals surface area contributed by atoms with Crippen LogP contribution in [0.25, 0.3) is 0 Å². The molecular weight excluding hydrogens is 328 g/mol. The van der Waals surface area contributed by atoms with E-state index in [2.05, 4.69) is 10.6 Å². The number of para-hydroxylation sites is 1. The van der Waals surface area contributed by atoms with Crippen molar-refractivity contribution in [2.75, 3.05) is 17.2 Å². The Kier molecular flexibility index (Phi) is 4.92. The summed E-state index contributed by atoms with van der Waals surface area (Å²) in [6.45, 7) is 0.390. The predicted octanol–water partition coefficient (Wildman–Crippen LogP) is 3.60. The number of hydrogen-bond acceptors (Lipinski definition) is 2. The number of anilines is 2. The first-order valence-corrected chi connectivity index (χ1v) is 7.93. The molecule has 1 heterocycles. The molecule has 0 aliphatic carbocycles. The average Bonchev–Trinajstić information content (AvgIpc) is 3.08. The molecule has 1 aliphatic rings. The molecule has 0 radical (unpaired) electrons. The fourth-order valence-electron chi connectivity index (χ4n) is 2.81. The van der Waals surface area contributed by atoms with Crippen LogP contribution in [0.15, 0.2) is 48.5 Å². The molecule has 5 nitrogen and oxygen atoms in total. The van der Waals surface area contributed by atoms with Crippen LogP contribution < -0.4 is 10.6 Å². The molecule has 0 spiro atoms. The number of carbonyl (C=O) groups is 2. The third-order valence-corrected chi connectivity index (χ3v) is 4.03. The normalized spacial score (nSPS) is 16.6. The second-order valence-electron chi connectivity index (χ2n) is 5.76. The van der Waals surface area contributed by atoms with Crippen molar-refractivity contribution in [3.8, 4) is 0 Å². The van der Waals surface area contributed by atoms with E-state index in [4.69, 9.17) is 0 Å². The maximum Gasteiger partial charge on any atom is 0.322 e. The van der Waals surface area contributed by atoms with Crippen molar-refractivity contribution in [2.24, 2.45) is 0 Å². The Bertz CT molecular complexity index is 783. The van der Waals surface area contributed by atoms with E-state index in [1.54, 1.807) is 24.3 Å². The van der Waals surface area contributed by atoms with Gasteiger partial charge in [-0.05, 0) is 37.1 Å². The number of urea groups is 1. The molecule has 0 bridgehead atoms. The summed E-state index contributed by atoms with van der Waals surface area (Å²) >= 11 is 0. The number of likely N-dealkylation sites (tertiary alicyclic amines) is 1. The van der Waals surface area contributed by atoms with E-state index in [1.165, 1.54) is 4.90 Å². The van der Waals surface area contributed by atoms with Gasteiger partial charge in [-0.15, -0.1) is 0 Å². The van der Waals surface area contributed by atoms with Crippen molar-refractivity contribution in [1.29, 1.82) is 0 Å². The van der Waals surface area contributed by atoms with E-state index in [0.717, 1.165) is 12.1 Å². The number of nitrogens with one attached hydrogen (secondary N) is 2. The fourth-order valence-corrected chi connectivity index (χ4v) is 2.81. The van der Waals surface area contributed by atoms with E-state index in [1.807, 2.05) is 6.07 Å². The van der Waals surface area contributed by atoms with Crippen LogP contribution in [0.4, 0.5) is 25.0 Å². The van der Waals surface area contributed by atoms with Gasteiger partial charge in [-0.2, -0.15) is 0 Å². The lowest BCUT2D eigenvalue weighted by Crippen LogP contribution is -2.45. The van der Waals surface area contributed by atoms with Crippen molar-refractivity contribution in [2.45, 2.75) is 18.9 Å². The summed E-state index contributed by atoms with van der Waals surface area (Å²) in [5, 5.41) is 5.16. The van der Waals surface area contributed by atoms with Gasteiger partial charge in [-0.25, -0.2) is 13.6 Å². The summed E-state index contributed by atoms with van der Waals surface area (Å²) in [5.41, 5.74) is 0.518. The molecule has 1 fully saturated rings. The molecule has 7 heteroatoms. The Balaban J connectivity index is 1.68. The quantitative estimate of drug-likeness (QED) is 0.893. The number of amides is 3. The second kappa shape index (κ2) is 7.29. The van der Waals surface area contributed by atoms with Gasteiger partial charge in [0.05, 0.1) is 5.69 Å². The van der Waals surface area contributed by atoms with Gasteiger partial charge in [0, 0.05) is 18.3 Å². The third-order valence-electron chi connectivity index (χ3n) is 4.03. The SMILES string of the molecule is O=C(Nc1ccccc1)C1CCCN1C(=O)Nc1ccc(F)cc1F. The maximum atomic E-state index is 13.7. The van der Waals surface area contributed by atoms with Crippen molar-refractivity contribution in [1.82, 2.24) is 4.90 Å². The summed E-state index contributed by atoms with van der Waals surface area (Å²) in [7, 11) is 0. The maximum absolute atomic E-state index is 13.7. The Hall–Kier alpha value is -2.96. The van der Waals surface area contributed by atoms with Crippen molar-refractivity contribution < 1.29 is 18.4 Å². The Morgan fingerprint density at radius 2 is 1.80 bits per heavy atom. The van der Waals surface area contributed by atoms with E-state index in [-0.39, 0.29) is 11.6 Å². The highest BCUT2D eigenvalue weighted by Gasteiger charge is 2.34. The van der Waals surface area contributed by atoms with Gasteiger partial charge in [-0.1, -0.05) is 18.2 Å². The van der Waals surface area contributed by atoms with Gasteiger partial charge in [-0.3, -0.25) is 4.79 Å². The summed E-state index contributed by atoms with van der Waals surface area (Å²) in [5.74, 6) is -1.88. The number of rotatable bonds is 3. The topological polar surface area (TPSA) is 61.4 Å². The zero-order valence-corrected chi connectivity index (χ0v) is 13.3. The first-order valence-electron chi connectivity index (χ1n) is 7.93. The number of halogens is 2. The predicted molar refractivity (Wildman–Crippen MR) is 90.2 cm³/mol. The summed E-state index contributed by atoms with van der Waals surface area (Å²) < 4.78 is 26.6.